The lowest BCUT2D eigenvalue weighted by atomic mass is 9.67. The molecule has 1 amide bonds. The third-order valence-corrected chi connectivity index (χ3v) is 5.72. The van der Waals surface area contributed by atoms with Crippen LogP contribution >= 0.6 is 0 Å². The minimum absolute atomic E-state index is 0.0469. The Balaban J connectivity index is 1.63. The van der Waals surface area contributed by atoms with Crippen molar-refractivity contribution in [3.63, 3.8) is 0 Å². The first-order valence-electron chi connectivity index (χ1n) is 9.19. The quantitative estimate of drug-likeness (QED) is 0.837. The van der Waals surface area contributed by atoms with Gasteiger partial charge in [0.15, 0.2) is 0 Å². The van der Waals surface area contributed by atoms with Crippen molar-refractivity contribution < 1.29 is 4.79 Å². The Hall–Kier alpha value is -2.17. The molecule has 4 rings (SSSR count). The van der Waals surface area contributed by atoms with E-state index in [1.807, 2.05) is 11.0 Å². The number of carbonyl (C=O) groups excluding carboxylic acids is 1. The molecular weight excluding hydrogens is 312 g/mol. The van der Waals surface area contributed by atoms with Crippen LogP contribution in [0.15, 0.2) is 36.7 Å². The first-order chi connectivity index (χ1) is 11.9. The smallest absolute Gasteiger partial charge is 0.294 e. The summed E-state index contributed by atoms with van der Waals surface area (Å²) in [6.45, 7) is 7.00. The van der Waals surface area contributed by atoms with Crippen molar-refractivity contribution in [2.45, 2.75) is 58.0 Å². The molecule has 25 heavy (non-hydrogen) atoms. The molecule has 5 nitrogen and oxygen atoms in total. The minimum atomic E-state index is -0.175. The van der Waals surface area contributed by atoms with Crippen molar-refractivity contribution in [2.75, 3.05) is 6.54 Å². The number of amides is 1. The second-order valence-corrected chi connectivity index (χ2v) is 8.50. The maximum Gasteiger partial charge on any atom is 0.294 e. The van der Waals surface area contributed by atoms with Gasteiger partial charge in [-0.3, -0.25) is 4.79 Å². The van der Waals surface area contributed by atoms with Crippen LogP contribution in [-0.4, -0.2) is 32.1 Å². The standard InChI is InChI=1S/C20H26N4O/c1-19(2,3)24-14-21-17(22-24)18(25)23-13-20(11-7-8-12-20)16(23)15-9-5-4-6-10-15/h4-6,9-10,14,16H,7-8,11-13H2,1-3H3/t16-/m0/s1. The van der Waals surface area contributed by atoms with Gasteiger partial charge in [-0.1, -0.05) is 43.2 Å². The van der Waals surface area contributed by atoms with Crippen LogP contribution in [0.1, 0.15) is 68.7 Å². The van der Waals surface area contributed by atoms with E-state index in [0.717, 1.165) is 6.54 Å². The summed E-state index contributed by atoms with van der Waals surface area (Å²) in [4.78, 5) is 19.3. The lowest BCUT2D eigenvalue weighted by molar-refractivity contribution is -0.0518. The Kier molecular flexibility index (Phi) is 3.71. The zero-order valence-corrected chi connectivity index (χ0v) is 15.3. The number of likely N-dealkylation sites (tertiary alicyclic amines) is 1. The molecule has 0 bridgehead atoms. The lowest BCUT2D eigenvalue weighted by Crippen LogP contribution is -2.59. The van der Waals surface area contributed by atoms with Gasteiger partial charge in [-0.05, 0) is 39.2 Å². The molecular formula is C20H26N4O. The summed E-state index contributed by atoms with van der Waals surface area (Å²) >= 11 is 0. The normalized spacial score (nSPS) is 22.2. The second kappa shape index (κ2) is 5.68. The Morgan fingerprint density at radius 3 is 2.44 bits per heavy atom. The van der Waals surface area contributed by atoms with Crippen LogP contribution in [0.4, 0.5) is 0 Å². The van der Waals surface area contributed by atoms with E-state index in [-0.39, 0.29) is 22.9 Å². The number of hydrogen-bond donors (Lipinski definition) is 0. The highest BCUT2D eigenvalue weighted by Crippen LogP contribution is 2.58. The van der Waals surface area contributed by atoms with Crippen molar-refractivity contribution in [2.24, 2.45) is 5.41 Å². The Labute approximate surface area is 149 Å². The molecule has 0 radical (unpaired) electrons. The molecule has 1 aliphatic carbocycles. The molecule has 5 heteroatoms. The summed E-state index contributed by atoms with van der Waals surface area (Å²) in [5, 5.41) is 4.44. The number of aromatic nitrogens is 3. The largest absolute Gasteiger partial charge is 0.328 e. The molecule has 0 unspecified atom stereocenters. The van der Waals surface area contributed by atoms with Crippen molar-refractivity contribution >= 4 is 5.91 Å². The topological polar surface area (TPSA) is 51.0 Å². The van der Waals surface area contributed by atoms with Crippen LogP contribution < -0.4 is 0 Å². The minimum Gasteiger partial charge on any atom is -0.328 e. The molecule has 2 fully saturated rings. The van der Waals surface area contributed by atoms with Gasteiger partial charge in [-0.25, -0.2) is 9.67 Å². The number of rotatable bonds is 2. The molecule has 1 saturated carbocycles. The van der Waals surface area contributed by atoms with Crippen molar-refractivity contribution in [3.8, 4) is 0 Å². The number of carbonyl (C=O) groups is 1. The van der Waals surface area contributed by atoms with Gasteiger partial charge in [0.25, 0.3) is 5.91 Å². The summed E-state index contributed by atoms with van der Waals surface area (Å²) < 4.78 is 1.77. The zero-order valence-electron chi connectivity index (χ0n) is 15.3. The van der Waals surface area contributed by atoms with Gasteiger partial charge in [-0.2, -0.15) is 0 Å². The molecule has 1 spiro atoms. The van der Waals surface area contributed by atoms with Gasteiger partial charge in [0.05, 0.1) is 11.6 Å². The fourth-order valence-corrected chi connectivity index (χ4v) is 4.42. The van der Waals surface area contributed by atoms with Crippen molar-refractivity contribution in [1.82, 2.24) is 19.7 Å². The van der Waals surface area contributed by atoms with E-state index in [2.05, 4.69) is 55.1 Å². The summed E-state index contributed by atoms with van der Waals surface area (Å²) in [7, 11) is 0. The predicted molar refractivity (Wildman–Crippen MR) is 96.1 cm³/mol. The Morgan fingerprint density at radius 2 is 1.84 bits per heavy atom. The van der Waals surface area contributed by atoms with Crippen molar-refractivity contribution in [3.05, 3.63) is 48.0 Å². The molecule has 1 aromatic heterocycles. The monoisotopic (exact) mass is 338 g/mol. The Bertz CT molecular complexity index is 768. The van der Waals surface area contributed by atoms with E-state index < -0.39 is 0 Å². The van der Waals surface area contributed by atoms with E-state index in [9.17, 15) is 4.79 Å². The zero-order chi connectivity index (χ0) is 17.7. The Morgan fingerprint density at radius 1 is 1.16 bits per heavy atom. The van der Waals surface area contributed by atoms with E-state index in [1.165, 1.54) is 31.2 Å². The molecule has 1 saturated heterocycles. The summed E-state index contributed by atoms with van der Waals surface area (Å²) in [6, 6.07) is 10.6. The number of benzene rings is 1. The summed E-state index contributed by atoms with van der Waals surface area (Å²) in [5.74, 6) is 0.262. The fourth-order valence-electron chi connectivity index (χ4n) is 4.42. The van der Waals surface area contributed by atoms with E-state index in [4.69, 9.17) is 0 Å². The molecule has 0 N–H and O–H groups in total. The van der Waals surface area contributed by atoms with E-state index >= 15 is 0 Å². The first-order valence-corrected chi connectivity index (χ1v) is 9.19. The van der Waals surface area contributed by atoms with Crippen LogP contribution in [0.25, 0.3) is 0 Å². The highest BCUT2D eigenvalue weighted by Gasteiger charge is 2.56. The second-order valence-electron chi connectivity index (χ2n) is 8.50. The summed E-state index contributed by atoms with van der Waals surface area (Å²) in [6.07, 6.45) is 6.61. The molecule has 132 valence electrons. The van der Waals surface area contributed by atoms with Crippen LogP contribution in [-0.2, 0) is 5.54 Å². The van der Waals surface area contributed by atoms with Gasteiger partial charge >= 0.3 is 0 Å². The predicted octanol–water partition coefficient (Wildman–Crippen LogP) is 3.79. The van der Waals surface area contributed by atoms with Gasteiger partial charge in [-0.15, -0.1) is 5.10 Å². The van der Waals surface area contributed by atoms with Gasteiger partial charge < -0.3 is 4.90 Å². The van der Waals surface area contributed by atoms with Crippen LogP contribution in [0, 0.1) is 5.41 Å². The molecule has 1 aromatic carbocycles. The molecule has 2 aliphatic rings. The van der Waals surface area contributed by atoms with Crippen LogP contribution in [0.3, 0.4) is 0 Å². The third-order valence-electron chi connectivity index (χ3n) is 5.72. The van der Waals surface area contributed by atoms with Gasteiger partial charge in [0.2, 0.25) is 5.82 Å². The highest BCUT2D eigenvalue weighted by molar-refractivity contribution is 5.91. The molecule has 2 heterocycles. The average molecular weight is 338 g/mol. The maximum absolute atomic E-state index is 13.1. The van der Waals surface area contributed by atoms with E-state index in [1.54, 1.807) is 11.0 Å². The van der Waals surface area contributed by atoms with E-state index in [0.29, 0.717) is 5.82 Å². The fraction of sp³-hybridized carbons (Fsp3) is 0.550. The molecule has 1 atom stereocenters. The molecule has 2 aromatic rings. The van der Waals surface area contributed by atoms with Gasteiger partial charge in [0, 0.05) is 12.0 Å². The summed E-state index contributed by atoms with van der Waals surface area (Å²) in [5.41, 5.74) is 1.31. The highest BCUT2D eigenvalue weighted by atomic mass is 16.2. The number of hydrogen-bond acceptors (Lipinski definition) is 3. The van der Waals surface area contributed by atoms with Crippen LogP contribution in [0.5, 0.6) is 0 Å². The average Bonchev–Trinajstić information content (AvgIpc) is 3.23. The number of nitrogens with zero attached hydrogens (tertiary/aromatic N) is 4. The van der Waals surface area contributed by atoms with Crippen molar-refractivity contribution in [1.29, 1.82) is 0 Å². The first kappa shape index (κ1) is 16.3. The third kappa shape index (κ3) is 2.66. The lowest BCUT2D eigenvalue weighted by Gasteiger charge is -2.56. The molecule has 1 aliphatic heterocycles. The van der Waals surface area contributed by atoms with Gasteiger partial charge in [0.1, 0.15) is 6.33 Å². The van der Waals surface area contributed by atoms with Crippen LogP contribution in [0.2, 0.25) is 0 Å². The maximum atomic E-state index is 13.1. The SMILES string of the molecule is CC(C)(C)n1cnc(C(=O)N2CC3(CCCC3)[C@@H]2c2ccccc2)n1.